The summed E-state index contributed by atoms with van der Waals surface area (Å²) in [7, 11) is 0. The van der Waals surface area contributed by atoms with Gasteiger partial charge < -0.3 is 10.1 Å². The lowest BCUT2D eigenvalue weighted by molar-refractivity contribution is -0.123. The molecular weight excluding hydrogens is 300 g/mol. The highest BCUT2D eigenvalue weighted by Crippen LogP contribution is 2.13. The molecule has 4 nitrogen and oxygen atoms in total. The van der Waals surface area contributed by atoms with Crippen LogP contribution in [0, 0.1) is 0 Å². The maximum absolute atomic E-state index is 12.3. The number of carbonyl (C=O) groups excluding carboxylic acids is 1. The summed E-state index contributed by atoms with van der Waals surface area (Å²) in [6, 6.07) is 10.2. The van der Waals surface area contributed by atoms with E-state index in [-0.39, 0.29) is 17.6 Å². The standard InChI is InChI=1S/C20H30N2O2/c1-20(2,3)21-19(23)16-22(15-18-12-8-14-24-18)13-7-11-17-9-5-4-6-10-17/h4-7,9-11,18H,8,12-16H2,1-3H3,(H,21,23)/b11-7+/t18-/m0/s1. The Bertz CT molecular complexity index is 528. The van der Waals surface area contributed by atoms with Crippen LogP contribution in [0.5, 0.6) is 0 Å². The van der Waals surface area contributed by atoms with Gasteiger partial charge in [0, 0.05) is 25.2 Å². The van der Waals surface area contributed by atoms with Gasteiger partial charge in [0.05, 0.1) is 12.6 Å². The molecule has 2 rings (SSSR count). The molecular formula is C20H30N2O2. The van der Waals surface area contributed by atoms with Crippen molar-refractivity contribution in [1.29, 1.82) is 0 Å². The minimum absolute atomic E-state index is 0.0635. The van der Waals surface area contributed by atoms with Gasteiger partial charge in [-0.2, -0.15) is 0 Å². The van der Waals surface area contributed by atoms with Crippen molar-refractivity contribution in [2.24, 2.45) is 0 Å². The number of benzene rings is 1. The Morgan fingerprint density at radius 1 is 1.33 bits per heavy atom. The van der Waals surface area contributed by atoms with Gasteiger partial charge in [-0.1, -0.05) is 42.5 Å². The molecule has 0 unspecified atom stereocenters. The number of ether oxygens (including phenoxy) is 1. The van der Waals surface area contributed by atoms with Gasteiger partial charge >= 0.3 is 0 Å². The van der Waals surface area contributed by atoms with Crippen LogP contribution in [0.15, 0.2) is 36.4 Å². The van der Waals surface area contributed by atoms with Gasteiger partial charge in [0.2, 0.25) is 5.91 Å². The molecule has 4 heteroatoms. The third-order valence-corrected chi connectivity index (χ3v) is 3.84. The molecule has 1 N–H and O–H groups in total. The van der Waals surface area contributed by atoms with E-state index in [1.165, 1.54) is 5.56 Å². The summed E-state index contributed by atoms with van der Waals surface area (Å²) in [6.45, 7) is 8.80. The molecule has 24 heavy (non-hydrogen) atoms. The number of carbonyl (C=O) groups is 1. The van der Waals surface area contributed by atoms with Gasteiger partial charge in [0.1, 0.15) is 0 Å². The van der Waals surface area contributed by atoms with Crippen LogP contribution in [-0.4, -0.2) is 48.7 Å². The molecule has 0 radical (unpaired) electrons. The van der Waals surface area contributed by atoms with Crippen LogP contribution < -0.4 is 5.32 Å². The molecule has 1 aromatic carbocycles. The summed E-state index contributed by atoms with van der Waals surface area (Å²) >= 11 is 0. The molecule has 1 heterocycles. The molecule has 1 atom stereocenters. The number of hydrogen-bond acceptors (Lipinski definition) is 3. The lowest BCUT2D eigenvalue weighted by Gasteiger charge is -2.26. The average molecular weight is 330 g/mol. The quantitative estimate of drug-likeness (QED) is 0.835. The summed E-state index contributed by atoms with van der Waals surface area (Å²) in [5.74, 6) is 0.0635. The maximum atomic E-state index is 12.3. The molecule has 1 aliphatic rings. The molecule has 0 aromatic heterocycles. The molecule has 1 fully saturated rings. The summed E-state index contributed by atoms with van der Waals surface area (Å²) in [5, 5.41) is 3.04. The van der Waals surface area contributed by atoms with Crippen molar-refractivity contribution in [1.82, 2.24) is 10.2 Å². The fraction of sp³-hybridized carbons (Fsp3) is 0.550. The minimum Gasteiger partial charge on any atom is -0.377 e. The van der Waals surface area contributed by atoms with Gasteiger partial charge in [0.25, 0.3) is 0 Å². The number of amides is 1. The van der Waals surface area contributed by atoms with Crippen LogP contribution in [-0.2, 0) is 9.53 Å². The Hall–Kier alpha value is -1.65. The average Bonchev–Trinajstić information content (AvgIpc) is 2.99. The number of hydrogen-bond donors (Lipinski definition) is 1. The molecule has 0 saturated carbocycles. The first kappa shape index (κ1) is 18.7. The van der Waals surface area contributed by atoms with Crippen LogP contribution in [0.1, 0.15) is 39.2 Å². The number of nitrogens with zero attached hydrogens (tertiary/aromatic N) is 1. The first-order valence-corrected chi connectivity index (χ1v) is 8.79. The molecule has 1 amide bonds. The fourth-order valence-corrected chi connectivity index (χ4v) is 2.84. The smallest absolute Gasteiger partial charge is 0.234 e. The summed E-state index contributed by atoms with van der Waals surface area (Å²) < 4.78 is 5.73. The Morgan fingerprint density at radius 3 is 2.71 bits per heavy atom. The summed E-state index contributed by atoms with van der Waals surface area (Å²) in [6.07, 6.45) is 6.67. The number of nitrogens with one attached hydrogen (secondary N) is 1. The van der Waals surface area contributed by atoms with E-state index in [9.17, 15) is 4.79 Å². The first-order chi connectivity index (χ1) is 11.4. The highest BCUT2D eigenvalue weighted by molar-refractivity contribution is 5.78. The predicted molar refractivity (Wildman–Crippen MR) is 98.8 cm³/mol. The van der Waals surface area contributed by atoms with E-state index in [0.29, 0.717) is 6.54 Å². The lowest BCUT2D eigenvalue weighted by atomic mass is 10.1. The summed E-state index contributed by atoms with van der Waals surface area (Å²) in [4.78, 5) is 14.4. The molecule has 1 aromatic rings. The molecule has 0 spiro atoms. The second-order valence-corrected chi connectivity index (χ2v) is 7.44. The zero-order valence-electron chi connectivity index (χ0n) is 15.1. The molecule has 1 saturated heterocycles. The second kappa shape index (κ2) is 9.00. The Morgan fingerprint density at radius 2 is 2.08 bits per heavy atom. The van der Waals surface area contributed by atoms with Crippen LogP contribution in [0.4, 0.5) is 0 Å². The third-order valence-electron chi connectivity index (χ3n) is 3.84. The molecule has 0 aliphatic carbocycles. The first-order valence-electron chi connectivity index (χ1n) is 8.79. The molecule has 0 bridgehead atoms. The zero-order valence-corrected chi connectivity index (χ0v) is 15.1. The van der Waals surface area contributed by atoms with Crippen molar-refractivity contribution in [3.63, 3.8) is 0 Å². The molecule has 132 valence electrons. The second-order valence-electron chi connectivity index (χ2n) is 7.44. The van der Waals surface area contributed by atoms with Crippen molar-refractivity contribution in [3.8, 4) is 0 Å². The van der Waals surface area contributed by atoms with Crippen molar-refractivity contribution in [2.75, 3.05) is 26.2 Å². The monoisotopic (exact) mass is 330 g/mol. The Kier molecular flexibility index (Phi) is 7.00. The highest BCUT2D eigenvalue weighted by atomic mass is 16.5. The van der Waals surface area contributed by atoms with Crippen molar-refractivity contribution in [3.05, 3.63) is 42.0 Å². The fourth-order valence-electron chi connectivity index (χ4n) is 2.84. The topological polar surface area (TPSA) is 41.6 Å². The van der Waals surface area contributed by atoms with E-state index >= 15 is 0 Å². The zero-order chi connectivity index (χ0) is 17.4. The largest absolute Gasteiger partial charge is 0.377 e. The van der Waals surface area contributed by atoms with E-state index < -0.39 is 0 Å². The van der Waals surface area contributed by atoms with E-state index in [0.717, 1.165) is 32.5 Å². The third kappa shape index (κ3) is 7.28. The van der Waals surface area contributed by atoms with Crippen LogP contribution >= 0.6 is 0 Å². The Balaban J connectivity index is 1.91. The van der Waals surface area contributed by atoms with Crippen molar-refractivity contribution in [2.45, 2.75) is 45.3 Å². The van der Waals surface area contributed by atoms with Crippen molar-refractivity contribution >= 4 is 12.0 Å². The normalized spacial score (nSPS) is 18.4. The highest BCUT2D eigenvalue weighted by Gasteiger charge is 2.21. The van der Waals surface area contributed by atoms with E-state index in [2.05, 4.69) is 34.5 Å². The lowest BCUT2D eigenvalue weighted by Crippen LogP contribution is -2.47. The minimum atomic E-state index is -0.202. The number of rotatable bonds is 7. The van der Waals surface area contributed by atoms with E-state index in [1.54, 1.807) is 0 Å². The van der Waals surface area contributed by atoms with Gasteiger partial charge in [-0.05, 0) is 39.2 Å². The van der Waals surface area contributed by atoms with E-state index in [1.807, 2.05) is 39.0 Å². The SMILES string of the molecule is CC(C)(C)NC(=O)CN(C/C=C/c1ccccc1)C[C@@H]1CCCO1. The van der Waals surface area contributed by atoms with Gasteiger partial charge in [0.15, 0.2) is 0 Å². The van der Waals surface area contributed by atoms with Crippen molar-refractivity contribution < 1.29 is 9.53 Å². The van der Waals surface area contributed by atoms with Crippen LogP contribution in [0.2, 0.25) is 0 Å². The van der Waals surface area contributed by atoms with E-state index in [4.69, 9.17) is 4.74 Å². The predicted octanol–water partition coefficient (Wildman–Crippen LogP) is 3.10. The van der Waals surface area contributed by atoms with Crippen LogP contribution in [0.3, 0.4) is 0 Å². The van der Waals surface area contributed by atoms with Crippen LogP contribution in [0.25, 0.3) is 6.08 Å². The van der Waals surface area contributed by atoms with Gasteiger partial charge in [-0.25, -0.2) is 0 Å². The van der Waals surface area contributed by atoms with Gasteiger partial charge in [-0.3, -0.25) is 9.69 Å². The van der Waals surface area contributed by atoms with Gasteiger partial charge in [-0.15, -0.1) is 0 Å². The summed E-state index contributed by atoms with van der Waals surface area (Å²) in [5.41, 5.74) is 0.973. The molecule has 1 aliphatic heterocycles. The maximum Gasteiger partial charge on any atom is 0.234 e. The Labute approximate surface area is 145 Å².